The summed E-state index contributed by atoms with van der Waals surface area (Å²) in [6.07, 6.45) is 2.82. The Morgan fingerprint density at radius 2 is 2.26 bits per heavy atom. The summed E-state index contributed by atoms with van der Waals surface area (Å²) < 4.78 is 4.95. The van der Waals surface area contributed by atoms with Crippen LogP contribution in [0.15, 0.2) is 34.0 Å². The highest BCUT2D eigenvalue weighted by Crippen LogP contribution is 2.14. The van der Waals surface area contributed by atoms with Gasteiger partial charge >= 0.3 is 5.88 Å². The molecule has 2 rings (SSSR count). The van der Waals surface area contributed by atoms with Crippen LogP contribution in [0, 0.1) is 17.0 Å². The second-order valence-corrected chi connectivity index (χ2v) is 3.72. The molecule has 98 valence electrons. The first-order valence-electron chi connectivity index (χ1n) is 5.37. The van der Waals surface area contributed by atoms with Crippen molar-refractivity contribution in [2.45, 2.75) is 6.92 Å². The Kier molecular flexibility index (Phi) is 3.51. The van der Waals surface area contributed by atoms with Crippen LogP contribution in [-0.4, -0.2) is 28.2 Å². The predicted octanol–water partition coefficient (Wildman–Crippen LogP) is 1.76. The summed E-state index contributed by atoms with van der Waals surface area (Å²) in [5, 5.41) is 16.0. The lowest BCUT2D eigenvalue weighted by molar-refractivity contribution is -0.402. The maximum Gasteiger partial charge on any atom is 0.433 e. The predicted molar refractivity (Wildman–Crippen MR) is 68.1 cm³/mol. The molecule has 0 spiro atoms. The Balaban J connectivity index is 2.11. The average molecular weight is 261 g/mol. The van der Waals surface area contributed by atoms with E-state index in [1.54, 1.807) is 13.1 Å². The normalized spacial score (nSPS) is 10.8. The lowest BCUT2D eigenvalue weighted by Crippen LogP contribution is -2.11. The van der Waals surface area contributed by atoms with Gasteiger partial charge in [0.25, 0.3) is 0 Å². The molecule has 0 N–H and O–H groups in total. The Morgan fingerprint density at radius 3 is 2.89 bits per heavy atom. The number of aryl methyl sites for hydroxylation is 1. The van der Waals surface area contributed by atoms with Gasteiger partial charge in [0, 0.05) is 18.8 Å². The maximum absolute atomic E-state index is 10.5. The molecule has 2 aromatic heterocycles. The van der Waals surface area contributed by atoms with E-state index in [2.05, 4.69) is 15.1 Å². The fourth-order valence-corrected chi connectivity index (χ4v) is 1.33. The molecular formula is C11H11N5O3. The summed E-state index contributed by atoms with van der Waals surface area (Å²) in [6, 6.07) is 4.51. The molecular weight excluding hydrogens is 250 g/mol. The minimum atomic E-state index is -0.602. The fourth-order valence-electron chi connectivity index (χ4n) is 1.33. The van der Waals surface area contributed by atoms with E-state index in [1.165, 1.54) is 29.7 Å². The Bertz CT molecular complexity index is 622. The maximum atomic E-state index is 10.5. The van der Waals surface area contributed by atoms with E-state index >= 15 is 0 Å². The number of hydrogen-bond acceptors (Lipinski definition) is 7. The van der Waals surface area contributed by atoms with Gasteiger partial charge in [-0.1, -0.05) is 0 Å². The third-order valence-electron chi connectivity index (χ3n) is 2.27. The molecule has 19 heavy (non-hydrogen) atoms. The van der Waals surface area contributed by atoms with Gasteiger partial charge in [0.05, 0.1) is 12.3 Å². The van der Waals surface area contributed by atoms with Crippen LogP contribution in [0.5, 0.6) is 0 Å². The number of furan rings is 1. The van der Waals surface area contributed by atoms with Crippen molar-refractivity contribution in [2.24, 2.45) is 5.10 Å². The van der Waals surface area contributed by atoms with E-state index in [9.17, 15) is 10.1 Å². The highest BCUT2D eigenvalue weighted by Gasteiger charge is 2.10. The van der Waals surface area contributed by atoms with Crippen LogP contribution in [0.3, 0.4) is 0 Å². The van der Waals surface area contributed by atoms with Crippen LogP contribution < -0.4 is 5.01 Å². The van der Waals surface area contributed by atoms with Gasteiger partial charge in [-0.2, -0.15) is 5.10 Å². The summed E-state index contributed by atoms with van der Waals surface area (Å²) in [5.74, 6) is 0.594. The molecule has 2 aromatic rings. The van der Waals surface area contributed by atoms with Crippen LogP contribution in [-0.2, 0) is 0 Å². The fraction of sp³-hybridized carbons (Fsp3) is 0.182. The monoisotopic (exact) mass is 261 g/mol. The van der Waals surface area contributed by atoms with Crippen molar-refractivity contribution < 1.29 is 9.34 Å². The molecule has 0 saturated carbocycles. The van der Waals surface area contributed by atoms with Crippen molar-refractivity contribution in [2.75, 3.05) is 12.1 Å². The molecule has 0 saturated heterocycles. The van der Waals surface area contributed by atoms with E-state index in [4.69, 9.17) is 4.42 Å². The minimum Gasteiger partial charge on any atom is -0.400 e. The van der Waals surface area contributed by atoms with Gasteiger partial charge in [-0.3, -0.25) is 15.1 Å². The van der Waals surface area contributed by atoms with Gasteiger partial charge in [0.1, 0.15) is 11.3 Å². The molecule has 0 aliphatic rings. The summed E-state index contributed by atoms with van der Waals surface area (Å²) >= 11 is 0. The quantitative estimate of drug-likeness (QED) is 0.472. The first-order valence-corrected chi connectivity index (χ1v) is 5.37. The molecule has 8 heteroatoms. The largest absolute Gasteiger partial charge is 0.433 e. The van der Waals surface area contributed by atoms with E-state index in [-0.39, 0.29) is 5.88 Å². The molecule has 0 fully saturated rings. The molecule has 2 heterocycles. The summed E-state index contributed by atoms with van der Waals surface area (Å²) in [7, 11) is 1.70. The summed E-state index contributed by atoms with van der Waals surface area (Å²) in [5.41, 5.74) is 0.820. The number of nitrogens with zero attached hydrogens (tertiary/aromatic N) is 5. The zero-order valence-electron chi connectivity index (χ0n) is 10.3. The van der Waals surface area contributed by atoms with Gasteiger partial charge in [0.15, 0.2) is 11.6 Å². The van der Waals surface area contributed by atoms with Gasteiger partial charge in [0.2, 0.25) is 0 Å². The minimum absolute atomic E-state index is 0.296. The van der Waals surface area contributed by atoms with Crippen molar-refractivity contribution in [3.63, 3.8) is 0 Å². The molecule has 0 aliphatic heterocycles. The van der Waals surface area contributed by atoms with Crippen molar-refractivity contribution in [1.29, 1.82) is 0 Å². The first kappa shape index (κ1) is 12.7. The van der Waals surface area contributed by atoms with Crippen LogP contribution in [0.4, 0.5) is 11.7 Å². The highest BCUT2D eigenvalue weighted by molar-refractivity contribution is 5.77. The molecule has 0 atom stereocenters. The van der Waals surface area contributed by atoms with Crippen molar-refractivity contribution in [1.82, 2.24) is 9.97 Å². The van der Waals surface area contributed by atoms with Crippen molar-refractivity contribution in [3.05, 3.63) is 46.1 Å². The lowest BCUT2D eigenvalue weighted by atomic mass is 10.4. The zero-order valence-corrected chi connectivity index (χ0v) is 10.3. The van der Waals surface area contributed by atoms with Crippen molar-refractivity contribution in [3.8, 4) is 0 Å². The number of anilines is 1. The molecule has 0 amide bonds. The van der Waals surface area contributed by atoms with E-state index < -0.39 is 4.92 Å². The van der Waals surface area contributed by atoms with Gasteiger partial charge in [-0.25, -0.2) is 9.97 Å². The SMILES string of the molecule is Cc1cc(N(C)/N=C/c2ccc([N+](=O)[O-])o2)ncn1. The van der Waals surface area contributed by atoms with Crippen LogP contribution >= 0.6 is 0 Å². The molecule has 0 aliphatic carbocycles. The second-order valence-electron chi connectivity index (χ2n) is 3.72. The Morgan fingerprint density at radius 1 is 1.47 bits per heavy atom. The third kappa shape index (κ3) is 3.12. The summed E-state index contributed by atoms with van der Waals surface area (Å²) in [6.45, 7) is 1.85. The first-order chi connectivity index (χ1) is 9.06. The molecule has 0 bridgehead atoms. The average Bonchev–Trinajstić information content (AvgIpc) is 2.85. The highest BCUT2D eigenvalue weighted by atomic mass is 16.6. The molecule has 0 aromatic carbocycles. The number of rotatable bonds is 4. The number of aromatic nitrogens is 2. The van der Waals surface area contributed by atoms with Crippen LogP contribution in [0.1, 0.15) is 11.5 Å². The second kappa shape index (κ2) is 5.25. The van der Waals surface area contributed by atoms with Crippen LogP contribution in [0.2, 0.25) is 0 Å². The summed E-state index contributed by atoms with van der Waals surface area (Å²) in [4.78, 5) is 17.9. The smallest absolute Gasteiger partial charge is 0.400 e. The lowest BCUT2D eigenvalue weighted by Gasteiger charge is -2.10. The van der Waals surface area contributed by atoms with Gasteiger partial charge < -0.3 is 4.42 Å². The van der Waals surface area contributed by atoms with E-state index in [1.807, 2.05) is 6.92 Å². The van der Waals surface area contributed by atoms with Gasteiger partial charge in [-0.05, 0) is 13.0 Å². The van der Waals surface area contributed by atoms with Crippen LogP contribution in [0.25, 0.3) is 0 Å². The topological polar surface area (TPSA) is 97.7 Å². The zero-order chi connectivity index (χ0) is 13.8. The number of hydrazone groups is 1. The van der Waals surface area contributed by atoms with E-state index in [0.717, 1.165) is 5.69 Å². The standard InChI is InChI=1S/C11H11N5O3/c1-8-5-10(13-7-12-8)15(2)14-6-9-3-4-11(19-9)16(17)18/h3-7H,1-2H3/b14-6+. The third-order valence-corrected chi connectivity index (χ3v) is 2.27. The Hall–Kier alpha value is -2.77. The van der Waals surface area contributed by atoms with Crippen molar-refractivity contribution >= 4 is 17.9 Å². The molecule has 8 nitrogen and oxygen atoms in total. The molecule has 0 radical (unpaired) electrons. The van der Waals surface area contributed by atoms with E-state index in [0.29, 0.717) is 11.6 Å². The number of hydrogen-bond donors (Lipinski definition) is 0. The molecule has 0 unspecified atom stereocenters. The van der Waals surface area contributed by atoms with Gasteiger partial charge in [-0.15, -0.1) is 0 Å². The Labute approximate surface area is 108 Å². The number of nitro groups is 1.